The van der Waals surface area contributed by atoms with E-state index >= 15 is 0 Å². The van der Waals surface area contributed by atoms with Gasteiger partial charge in [-0.2, -0.15) is 0 Å². The maximum atomic E-state index is 11.7. The fourth-order valence-corrected chi connectivity index (χ4v) is 3.21. The van der Waals surface area contributed by atoms with E-state index in [1.807, 2.05) is 24.0 Å². The number of aryl methyl sites for hydroxylation is 1. The van der Waals surface area contributed by atoms with Gasteiger partial charge in [0, 0.05) is 26.6 Å². The summed E-state index contributed by atoms with van der Waals surface area (Å²) >= 11 is 0. The van der Waals surface area contributed by atoms with Crippen molar-refractivity contribution in [2.75, 3.05) is 46.0 Å². The molecule has 0 aromatic carbocycles. The highest BCUT2D eigenvalue weighted by molar-refractivity contribution is 5.73. The summed E-state index contributed by atoms with van der Waals surface area (Å²) in [6.07, 6.45) is 0. The number of ether oxygens (including phenoxy) is 2. The molecule has 0 N–H and O–H groups in total. The number of hydrogen-bond donors (Lipinski definition) is 0. The summed E-state index contributed by atoms with van der Waals surface area (Å²) in [4.78, 5) is 15.9. The predicted octanol–water partition coefficient (Wildman–Crippen LogP) is 1.04. The van der Waals surface area contributed by atoms with Crippen LogP contribution in [-0.4, -0.2) is 67.3 Å². The van der Waals surface area contributed by atoms with E-state index < -0.39 is 5.60 Å². The van der Waals surface area contributed by atoms with E-state index in [4.69, 9.17) is 13.9 Å². The Hall–Kier alpha value is -1.37. The van der Waals surface area contributed by atoms with Crippen LogP contribution in [0.4, 0.5) is 0 Å². The summed E-state index contributed by atoms with van der Waals surface area (Å²) in [6.45, 7) is 8.91. The highest BCUT2D eigenvalue weighted by Gasteiger charge is 2.41. The van der Waals surface area contributed by atoms with Crippen LogP contribution in [0.2, 0.25) is 0 Å². The van der Waals surface area contributed by atoms with Crippen molar-refractivity contribution in [2.45, 2.75) is 26.0 Å². The largest absolute Gasteiger partial charge is 0.465 e. The summed E-state index contributed by atoms with van der Waals surface area (Å²) in [6, 6.07) is 4.00. The van der Waals surface area contributed by atoms with Crippen molar-refractivity contribution in [3.05, 3.63) is 23.7 Å². The van der Waals surface area contributed by atoms with Gasteiger partial charge in [0.15, 0.2) is 0 Å². The Bertz CT molecular complexity index is 530. The van der Waals surface area contributed by atoms with E-state index in [1.54, 1.807) is 6.92 Å². The average molecular weight is 308 g/mol. The van der Waals surface area contributed by atoms with E-state index in [-0.39, 0.29) is 5.91 Å². The quantitative estimate of drug-likeness (QED) is 0.817. The van der Waals surface area contributed by atoms with Gasteiger partial charge >= 0.3 is 0 Å². The van der Waals surface area contributed by atoms with Crippen molar-refractivity contribution in [3.63, 3.8) is 0 Å². The van der Waals surface area contributed by atoms with Gasteiger partial charge in [-0.15, -0.1) is 0 Å². The second kappa shape index (κ2) is 6.40. The van der Waals surface area contributed by atoms with E-state index in [2.05, 4.69) is 4.90 Å². The van der Waals surface area contributed by atoms with Crippen LogP contribution in [0, 0.1) is 6.92 Å². The lowest BCUT2D eigenvalue weighted by Crippen LogP contribution is -2.58. The molecular weight excluding hydrogens is 284 g/mol. The lowest BCUT2D eigenvalue weighted by Gasteiger charge is -2.43. The Morgan fingerprint density at radius 1 is 1.27 bits per heavy atom. The molecule has 1 amide bonds. The molecule has 1 atom stereocenters. The Kier molecular flexibility index (Phi) is 4.52. The molecule has 1 aromatic heterocycles. The molecule has 0 bridgehead atoms. The van der Waals surface area contributed by atoms with Gasteiger partial charge in [0.05, 0.1) is 32.9 Å². The van der Waals surface area contributed by atoms with Crippen LogP contribution in [0.25, 0.3) is 0 Å². The van der Waals surface area contributed by atoms with Gasteiger partial charge in [-0.05, 0) is 19.1 Å². The number of furan rings is 1. The van der Waals surface area contributed by atoms with Crippen LogP contribution in [0.3, 0.4) is 0 Å². The van der Waals surface area contributed by atoms with E-state index in [1.165, 1.54) is 0 Å². The number of morpholine rings is 1. The monoisotopic (exact) mass is 308 g/mol. The van der Waals surface area contributed by atoms with E-state index in [0.717, 1.165) is 31.2 Å². The number of carbonyl (C=O) groups is 1. The zero-order valence-corrected chi connectivity index (χ0v) is 13.3. The van der Waals surface area contributed by atoms with E-state index in [0.29, 0.717) is 32.9 Å². The fourth-order valence-electron chi connectivity index (χ4n) is 3.21. The second-order valence-corrected chi connectivity index (χ2v) is 6.25. The highest BCUT2D eigenvalue weighted by Crippen LogP contribution is 2.24. The lowest BCUT2D eigenvalue weighted by molar-refractivity contribution is -0.151. The molecule has 1 spiro atoms. The average Bonchev–Trinajstić information content (AvgIpc) is 2.76. The van der Waals surface area contributed by atoms with Crippen LogP contribution in [0.5, 0.6) is 0 Å². The molecule has 0 aliphatic carbocycles. The molecule has 22 heavy (non-hydrogen) atoms. The van der Waals surface area contributed by atoms with Crippen molar-refractivity contribution < 1.29 is 18.7 Å². The minimum atomic E-state index is -0.429. The van der Waals surface area contributed by atoms with Gasteiger partial charge in [0.1, 0.15) is 17.1 Å². The molecule has 3 rings (SSSR count). The molecule has 1 aromatic rings. The topological polar surface area (TPSA) is 55.2 Å². The summed E-state index contributed by atoms with van der Waals surface area (Å²) in [5.41, 5.74) is -0.429. The highest BCUT2D eigenvalue weighted by atomic mass is 16.5. The minimum Gasteiger partial charge on any atom is -0.465 e. The van der Waals surface area contributed by atoms with Crippen molar-refractivity contribution >= 4 is 5.91 Å². The lowest BCUT2D eigenvalue weighted by atomic mass is 10.0. The molecule has 3 heterocycles. The third kappa shape index (κ3) is 3.51. The first-order valence-corrected chi connectivity index (χ1v) is 7.81. The molecule has 0 radical (unpaired) electrons. The number of carbonyl (C=O) groups excluding carboxylic acids is 1. The summed E-state index contributed by atoms with van der Waals surface area (Å²) in [7, 11) is 0. The molecule has 2 saturated heterocycles. The van der Waals surface area contributed by atoms with Crippen molar-refractivity contribution in [1.82, 2.24) is 9.80 Å². The van der Waals surface area contributed by atoms with Crippen LogP contribution in [0.1, 0.15) is 18.4 Å². The van der Waals surface area contributed by atoms with Gasteiger partial charge < -0.3 is 18.8 Å². The Balaban J connectivity index is 1.68. The summed E-state index contributed by atoms with van der Waals surface area (Å²) < 4.78 is 17.4. The van der Waals surface area contributed by atoms with Crippen molar-refractivity contribution in [1.29, 1.82) is 0 Å². The molecule has 1 unspecified atom stereocenters. The Morgan fingerprint density at radius 3 is 2.86 bits per heavy atom. The number of hydrogen-bond acceptors (Lipinski definition) is 5. The Morgan fingerprint density at radius 2 is 2.14 bits per heavy atom. The standard InChI is InChI=1S/C16H24N2O4/c1-13-3-4-15(22-13)9-17-5-8-21-16(10-17)11-18(14(2)19)6-7-20-12-16/h3-4H,5-12H2,1-2H3. The zero-order valence-electron chi connectivity index (χ0n) is 13.3. The third-order valence-electron chi connectivity index (χ3n) is 4.30. The predicted molar refractivity (Wildman–Crippen MR) is 80.5 cm³/mol. The maximum Gasteiger partial charge on any atom is 0.219 e. The van der Waals surface area contributed by atoms with Crippen LogP contribution < -0.4 is 0 Å². The SMILES string of the molecule is CC(=O)N1CCOCC2(CN(Cc3ccc(C)o3)CCO2)C1. The smallest absolute Gasteiger partial charge is 0.219 e. The molecule has 2 fully saturated rings. The fraction of sp³-hybridized carbons (Fsp3) is 0.688. The molecule has 6 heteroatoms. The first-order valence-electron chi connectivity index (χ1n) is 7.81. The first kappa shape index (κ1) is 15.5. The minimum absolute atomic E-state index is 0.0762. The summed E-state index contributed by atoms with van der Waals surface area (Å²) in [5.74, 6) is 1.97. The van der Waals surface area contributed by atoms with Gasteiger partial charge in [0.2, 0.25) is 5.91 Å². The molecule has 2 aliphatic heterocycles. The third-order valence-corrected chi connectivity index (χ3v) is 4.30. The molecule has 2 aliphatic rings. The van der Waals surface area contributed by atoms with Gasteiger partial charge in [0.25, 0.3) is 0 Å². The molecule has 6 nitrogen and oxygen atoms in total. The van der Waals surface area contributed by atoms with Gasteiger partial charge in [-0.25, -0.2) is 0 Å². The number of nitrogens with zero attached hydrogens (tertiary/aromatic N) is 2. The second-order valence-electron chi connectivity index (χ2n) is 6.25. The van der Waals surface area contributed by atoms with Crippen molar-refractivity contribution in [3.8, 4) is 0 Å². The normalized spacial score (nSPS) is 27.1. The van der Waals surface area contributed by atoms with Crippen LogP contribution in [0.15, 0.2) is 16.5 Å². The first-order chi connectivity index (χ1) is 10.6. The van der Waals surface area contributed by atoms with Crippen LogP contribution in [-0.2, 0) is 20.8 Å². The van der Waals surface area contributed by atoms with E-state index in [9.17, 15) is 4.79 Å². The van der Waals surface area contributed by atoms with Crippen LogP contribution >= 0.6 is 0 Å². The summed E-state index contributed by atoms with van der Waals surface area (Å²) in [5, 5.41) is 0. The molecular formula is C16H24N2O4. The zero-order chi connectivity index (χ0) is 15.6. The number of amides is 1. The number of rotatable bonds is 2. The Labute approximate surface area is 131 Å². The van der Waals surface area contributed by atoms with Gasteiger partial charge in [-0.1, -0.05) is 0 Å². The van der Waals surface area contributed by atoms with Crippen molar-refractivity contribution in [2.24, 2.45) is 0 Å². The molecule has 122 valence electrons. The maximum absolute atomic E-state index is 11.7. The van der Waals surface area contributed by atoms with Gasteiger partial charge in [-0.3, -0.25) is 9.69 Å². The molecule has 0 saturated carbocycles.